The lowest BCUT2D eigenvalue weighted by Crippen LogP contribution is -2.20. The van der Waals surface area contributed by atoms with E-state index in [9.17, 15) is 0 Å². The average molecular weight is 322 g/mol. The van der Waals surface area contributed by atoms with Crippen molar-refractivity contribution in [1.82, 2.24) is 0 Å². The van der Waals surface area contributed by atoms with Crippen molar-refractivity contribution >= 4 is 40.5 Å². The fraction of sp³-hybridized carbons (Fsp3) is 0. The summed E-state index contributed by atoms with van der Waals surface area (Å²) < 4.78 is 2.30. The summed E-state index contributed by atoms with van der Waals surface area (Å²) in [7, 11) is 0. The zero-order valence-corrected chi connectivity index (χ0v) is 13.6. The van der Waals surface area contributed by atoms with Gasteiger partial charge < -0.3 is 5.09 Å². The second-order valence-corrected chi connectivity index (χ2v) is 9.07. The predicted molar refractivity (Wildman–Crippen MR) is 99.0 cm³/mol. The van der Waals surface area contributed by atoms with E-state index >= 15 is 0 Å². The van der Waals surface area contributed by atoms with Crippen LogP contribution in [0.15, 0.2) is 84.9 Å². The summed E-state index contributed by atoms with van der Waals surface area (Å²) in [5, 5.41) is 4.80. The third kappa shape index (κ3) is 2.06. The number of anilines is 3. The van der Waals surface area contributed by atoms with Crippen LogP contribution in [0.5, 0.6) is 0 Å². The minimum atomic E-state index is -2.12. The third-order valence-corrected chi connectivity index (χ3v) is 7.74. The van der Waals surface area contributed by atoms with Gasteiger partial charge in [0.25, 0.3) is 0 Å². The normalized spacial score (nSPS) is 19.5. The molecule has 1 heterocycles. The van der Waals surface area contributed by atoms with Crippen LogP contribution in [0.3, 0.4) is 0 Å². The lowest BCUT2D eigenvalue weighted by Gasteiger charge is -2.30. The molecule has 1 N–H and O–H groups in total. The fourth-order valence-corrected chi connectivity index (χ4v) is 6.49. The molecule has 0 saturated carbocycles. The molecule has 108 valence electrons. The molecular formula is C18H15N2PS. The van der Waals surface area contributed by atoms with E-state index in [1.54, 1.807) is 0 Å². The van der Waals surface area contributed by atoms with Crippen LogP contribution >= 0.6 is 6.34 Å². The van der Waals surface area contributed by atoms with E-state index in [4.69, 9.17) is 11.8 Å². The molecule has 3 aromatic carbocycles. The Kier molecular flexibility index (Phi) is 3.25. The van der Waals surface area contributed by atoms with Gasteiger partial charge >= 0.3 is 0 Å². The average Bonchev–Trinajstić information content (AvgIpc) is 2.90. The topological polar surface area (TPSA) is 15.3 Å². The number of nitrogens with one attached hydrogen (secondary N) is 1. The molecule has 0 fully saturated rings. The minimum Gasteiger partial charge on any atom is -0.337 e. The molecule has 1 atom stereocenters. The molecule has 0 bridgehead atoms. The van der Waals surface area contributed by atoms with Crippen LogP contribution in [0.1, 0.15) is 0 Å². The van der Waals surface area contributed by atoms with Gasteiger partial charge in [-0.2, -0.15) is 0 Å². The van der Waals surface area contributed by atoms with E-state index in [2.05, 4.69) is 76.5 Å². The van der Waals surface area contributed by atoms with Crippen LogP contribution in [-0.2, 0) is 11.8 Å². The highest BCUT2D eigenvalue weighted by molar-refractivity contribution is 8.20. The zero-order valence-electron chi connectivity index (χ0n) is 11.9. The Morgan fingerprint density at radius 1 is 0.727 bits per heavy atom. The number of para-hydroxylation sites is 3. The lowest BCUT2D eigenvalue weighted by atomic mass is 10.2. The van der Waals surface area contributed by atoms with Gasteiger partial charge in [-0.1, -0.05) is 60.7 Å². The molecule has 22 heavy (non-hydrogen) atoms. The second kappa shape index (κ2) is 5.28. The fourth-order valence-electron chi connectivity index (χ4n) is 2.80. The zero-order chi connectivity index (χ0) is 15.0. The standard InChI is InChI=1S/C18H15N2PS/c22-21(16-11-5-2-6-12-16)19-17-13-7-8-14-18(17)20(21)15-9-3-1-4-10-15/h1-14H,(H,19,22). The van der Waals surface area contributed by atoms with Gasteiger partial charge in [0.05, 0.1) is 11.4 Å². The monoisotopic (exact) mass is 322 g/mol. The second-order valence-electron chi connectivity index (χ2n) is 5.19. The highest BCUT2D eigenvalue weighted by Crippen LogP contribution is 2.62. The maximum atomic E-state index is 6.17. The summed E-state index contributed by atoms with van der Waals surface area (Å²) in [6.45, 7) is 0. The van der Waals surface area contributed by atoms with Crippen molar-refractivity contribution in [2.75, 3.05) is 9.76 Å². The molecular weight excluding hydrogens is 307 g/mol. The molecule has 2 nitrogen and oxygen atoms in total. The Morgan fingerprint density at radius 2 is 1.32 bits per heavy atom. The maximum absolute atomic E-state index is 6.17. The Morgan fingerprint density at radius 3 is 2.05 bits per heavy atom. The van der Waals surface area contributed by atoms with E-state index in [-0.39, 0.29) is 0 Å². The first-order valence-electron chi connectivity index (χ1n) is 7.18. The van der Waals surface area contributed by atoms with Gasteiger partial charge in [0.2, 0.25) is 0 Å². The van der Waals surface area contributed by atoms with Crippen molar-refractivity contribution in [3.8, 4) is 0 Å². The number of hydrogen-bond donors (Lipinski definition) is 1. The van der Waals surface area contributed by atoms with Crippen molar-refractivity contribution < 1.29 is 0 Å². The van der Waals surface area contributed by atoms with Crippen molar-refractivity contribution in [3.05, 3.63) is 84.9 Å². The molecule has 1 aliphatic heterocycles. The summed E-state index contributed by atoms with van der Waals surface area (Å²) in [4.78, 5) is 0. The van der Waals surface area contributed by atoms with Crippen LogP contribution in [0.4, 0.5) is 17.1 Å². The number of fused-ring (bicyclic) bond motifs is 1. The van der Waals surface area contributed by atoms with Gasteiger partial charge in [0, 0.05) is 11.0 Å². The van der Waals surface area contributed by atoms with Gasteiger partial charge in [0.15, 0.2) is 6.34 Å². The maximum Gasteiger partial charge on any atom is 0.155 e. The molecule has 0 radical (unpaired) electrons. The van der Waals surface area contributed by atoms with Crippen LogP contribution < -0.4 is 15.1 Å². The van der Waals surface area contributed by atoms with Crippen LogP contribution in [0.2, 0.25) is 0 Å². The van der Waals surface area contributed by atoms with Gasteiger partial charge in [0.1, 0.15) is 0 Å². The number of rotatable bonds is 2. The molecule has 0 spiro atoms. The van der Waals surface area contributed by atoms with E-state index in [1.165, 1.54) is 5.30 Å². The largest absolute Gasteiger partial charge is 0.337 e. The highest BCUT2D eigenvalue weighted by Gasteiger charge is 2.37. The van der Waals surface area contributed by atoms with E-state index in [1.807, 2.05) is 18.2 Å². The Balaban J connectivity index is 1.95. The molecule has 0 aliphatic carbocycles. The number of hydrogen-bond acceptors (Lipinski definition) is 1. The first-order chi connectivity index (χ1) is 10.8. The summed E-state index contributed by atoms with van der Waals surface area (Å²) >= 11 is 6.17. The van der Waals surface area contributed by atoms with Crippen molar-refractivity contribution in [2.24, 2.45) is 0 Å². The van der Waals surface area contributed by atoms with E-state index in [0.29, 0.717) is 0 Å². The molecule has 4 rings (SSSR count). The number of nitrogens with zero attached hydrogens (tertiary/aromatic N) is 1. The van der Waals surface area contributed by atoms with Crippen LogP contribution in [0, 0.1) is 0 Å². The smallest absolute Gasteiger partial charge is 0.155 e. The highest BCUT2D eigenvalue weighted by atomic mass is 32.4. The molecule has 4 heteroatoms. The number of benzene rings is 3. The van der Waals surface area contributed by atoms with Crippen LogP contribution in [-0.4, -0.2) is 0 Å². The summed E-state index contributed by atoms with van der Waals surface area (Å²) in [6.07, 6.45) is -2.12. The molecule has 1 aliphatic rings. The van der Waals surface area contributed by atoms with Gasteiger partial charge in [-0.3, -0.25) is 4.67 Å². The first-order valence-corrected chi connectivity index (χ1v) is 9.93. The lowest BCUT2D eigenvalue weighted by molar-refractivity contribution is 1.45. The van der Waals surface area contributed by atoms with Gasteiger partial charge in [-0.25, -0.2) is 0 Å². The van der Waals surface area contributed by atoms with Gasteiger partial charge in [-0.05, 0) is 36.1 Å². The Hall–Kier alpha value is -2.09. The molecule has 0 saturated heterocycles. The Labute approximate surface area is 135 Å². The van der Waals surface area contributed by atoms with E-state index in [0.717, 1.165) is 17.1 Å². The molecule has 1 unspecified atom stereocenters. The molecule has 0 aromatic heterocycles. The summed E-state index contributed by atoms with van der Waals surface area (Å²) in [5.41, 5.74) is 3.39. The SMILES string of the molecule is S=P1(c2ccccc2)Nc2ccccc2N1c1ccccc1. The van der Waals surface area contributed by atoms with Crippen molar-refractivity contribution in [1.29, 1.82) is 0 Å². The molecule has 3 aromatic rings. The third-order valence-electron chi connectivity index (χ3n) is 3.79. The van der Waals surface area contributed by atoms with Crippen molar-refractivity contribution in [2.45, 2.75) is 0 Å². The quantitative estimate of drug-likeness (QED) is 0.677. The van der Waals surface area contributed by atoms with E-state index < -0.39 is 6.34 Å². The van der Waals surface area contributed by atoms with Crippen LogP contribution in [0.25, 0.3) is 0 Å². The van der Waals surface area contributed by atoms with Crippen molar-refractivity contribution in [3.63, 3.8) is 0 Å². The summed E-state index contributed by atoms with van der Waals surface area (Å²) in [6, 6.07) is 29.1. The Bertz CT molecular complexity index is 849. The summed E-state index contributed by atoms with van der Waals surface area (Å²) in [5.74, 6) is 0. The minimum absolute atomic E-state index is 1.11. The first kappa shape index (κ1) is 13.6. The predicted octanol–water partition coefficient (Wildman–Crippen LogP) is 4.89. The molecule has 0 amide bonds. The van der Waals surface area contributed by atoms with Gasteiger partial charge in [-0.15, -0.1) is 0 Å².